The number of ether oxygens (including phenoxy) is 7. The summed E-state index contributed by atoms with van der Waals surface area (Å²) in [6, 6.07) is 9.92. The van der Waals surface area contributed by atoms with Crippen molar-refractivity contribution in [1.82, 2.24) is 0 Å². The van der Waals surface area contributed by atoms with Crippen LogP contribution in [0.25, 0.3) is 0 Å². The third-order valence-corrected chi connectivity index (χ3v) is 7.11. The van der Waals surface area contributed by atoms with Crippen molar-refractivity contribution in [2.24, 2.45) is 5.92 Å². The van der Waals surface area contributed by atoms with E-state index in [2.05, 4.69) is 13.8 Å². The van der Waals surface area contributed by atoms with Gasteiger partial charge in [0.05, 0.1) is 25.4 Å². The van der Waals surface area contributed by atoms with E-state index in [4.69, 9.17) is 33.2 Å². The first kappa shape index (κ1) is 30.5. The number of esters is 2. The first-order chi connectivity index (χ1) is 18.2. The van der Waals surface area contributed by atoms with Crippen molar-refractivity contribution in [2.75, 3.05) is 13.2 Å². The van der Waals surface area contributed by atoms with Gasteiger partial charge in [-0.25, -0.2) is 0 Å². The maximum Gasteiger partial charge on any atom is 0.303 e. The molecule has 0 aliphatic carbocycles. The van der Waals surface area contributed by atoms with Gasteiger partial charge in [-0.15, -0.1) is 0 Å². The Hall–Kier alpha value is -2.04. The van der Waals surface area contributed by atoms with Crippen LogP contribution in [0.2, 0.25) is 0 Å². The molecule has 0 amide bonds. The summed E-state index contributed by atoms with van der Waals surface area (Å²) in [5, 5.41) is 0. The molecule has 2 fully saturated rings. The minimum atomic E-state index is -0.962. The second kappa shape index (κ2) is 14.9. The topological polar surface area (TPSA) is 98.8 Å². The Morgan fingerprint density at radius 2 is 1.55 bits per heavy atom. The predicted molar refractivity (Wildman–Crippen MR) is 139 cm³/mol. The molecule has 0 aromatic heterocycles. The molecule has 0 saturated carbocycles. The maximum atomic E-state index is 12.0. The smallest absolute Gasteiger partial charge is 0.303 e. The molecule has 214 valence electrons. The first-order valence-corrected chi connectivity index (χ1v) is 13.8. The Bertz CT molecular complexity index is 863. The van der Waals surface area contributed by atoms with Gasteiger partial charge in [0.1, 0.15) is 18.3 Å². The number of unbranched alkanes of at least 4 members (excludes halogenated alkanes) is 1. The van der Waals surface area contributed by atoms with Gasteiger partial charge in [-0.1, -0.05) is 57.5 Å². The minimum Gasteiger partial charge on any atom is -0.456 e. The SMILES string of the molecule is CCCCO[C@@H]1C(C)[C@@H](C)OC(COCc2ccccc2)[C@H]1O[C@@H]1O[C@H](CC)[C@@H](OC(C)=O)C1OC(C)=O. The zero-order chi connectivity index (χ0) is 27.7. The molecule has 38 heavy (non-hydrogen) atoms. The van der Waals surface area contributed by atoms with Crippen molar-refractivity contribution in [1.29, 1.82) is 0 Å². The number of rotatable bonds is 13. The maximum absolute atomic E-state index is 12.0. The molecule has 1 aromatic carbocycles. The molecule has 9 atom stereocenters. The summed E-state index contributed by atoms with van der Waals surface area (Å²) in [7, 11) is 0. The lowest BCUT2D eigenvalue weighted by Crippen LogP contribution is -2.58. The zero-order valence-corrected chi connectivity index (χ0v) is 23.5. The van der Waals surface area contributed by atoms with Crippen molar-refractivity contribution >= 4 is 11.9 Å². The lowest BCUT2D eigenvalue weighted by molar-refractivity contribution is -0.285. The zero-order valence-electron chi connectivity index (χ0n) is 23.5. The Kier molecular flexibility index (Phi) is 12.0. The third kappa shape index (κ3) is 8.23. The normalized spacial score (nSPS) is 33.2. The fourth-order valence-electron chi connectivity index (χ4n) is 4.97. The summed E-state index contributed by atoms with van der Waals surface area (Å²) in [4.78, 5) is 23.8. The molecular formula is C29H44O9. The molecule has 3 unspecified atom stereocenters. The molecule has 0 spiro atoms. The summed E-state index contributed by atoms with van der Waals surface area (Å²) >= 11 is 0. The predicted octanol–water partition coefficient (Wildman–Crippen LogP) is 4.20. The van der Waals surface area contributed by atoms with E-state index in [0.717, 1.165) is 18.4 Å². The summed E-state index contributed by atoms with van der Waals surface area (Å²) in [6.07, 6.45) is -2.08. The Morgan fingerprint density at radius 1 is 0.868 bits per heavy atom. The van der Waals surface area contributed by atoms with Crippen molar-refractivity contribution in [2.45, 2.75) is 116 Å². The van der Waals surface area contributed by atoms with E-state index in [-0.39, 0.29) is 24.7 Å². The van der Waals surface area contributed by atoms with Gasteiger partial charge < -0.3 is 33.2 Å². The van der Waals surface area contributed by atoms with Gasteiger partial charge in [0.2, 0.25) is 0 Å². The van der Waals surface area contributed by atoms with E-state index in [1.165, 1.54) is 13.8 Å². The first-order valence-electron chi connectivity index (χ1n) is 13.8. The standard InChI is InChI=1S/C29H44O9/c1-7-9-15-33-25-18(3)19(4)34-24(17-32-16-22-13-11-10-12-14-22)27(25)38-29-28(36-21(6)31)26(35-20(5)30)23(8-2)37-29/h10-14,18-19,23-29H,7-9,15-17H2,1-6H3/t18?,19-,23-,24?,25-,26-,27-,28?,29+/m1/s1. The molecule has 3 rings (SSSR count). The van der Waals surface area contributed by atoms with Gasteiger partial charge in [-0.05, 0) is 25.3 Å². The van der Waals surface area contributed by atoms with E-state index < -0.39 is 48.7 Å². The number of benzene rings is 1. The summed E-state index contributed by atoms with van der Waals surface area (Å²) in [5.74, 6) is -0.963. The van der Waals surface area contributed by atoms with E-state index in [1.54, 1.807) is 0 Å². The highest BCUT2D eigenvalue weighted by Gasteiger charge is 2.53. The molecule has 2 aliphatic rings. The third-order valence-electron chi connectivity index (χ3n) is 7.11. The van der Waals surface area contributed by atoms with Crippen LogP contribution in [-0.4, -0.2) is 74.2 Å². The van der Waals surface area contributed by atoms with Crippen LogP contribution < -0.4 is 0 Å². The van der Waals surface area contributed by atoms with Crippen LogP contribution in [0.5, 0.6) is 0 Å². The van der Waals surface area contributed by atoms with Gasteiger partial charge in [0.25, 0.3) is 0 Å². The quantitative estimate of drug-likeness (QED) is 0.271. The van der Waals surface area contributed by atoms with E-state index in [0.29, 0.717) is 19.6 Å². The number of carbonyl (C=O) groups excluding carboxylic acids is 2. The molecule has 2 heterocycles. The lowest BCUT2D eigenvalue weighted by atomic mass is 9.88. The molecule has 0 N–H and O–H groups in total. The molecular weight excluding hydrogens is 492 g/mol. The minimum absolute atomic E-state index is 0.0297. The van der Waals surface area contributed by atoms with Crippen LogP contribution in [0.15, 0.2) is 30.3 Å². The monoisotopic (exact) mass is 536 g/mol. The van der Waals surface area contributed by atoms with Gasteiger partial charge in [0.15, 0.2) is 18.5 Å². The Labute approximate surface area is 226 Å². The number of hydrogen-bond acceptors (Lipinski definition) is 9. The van der Waals surface area contributed by atoms with Gasteiger partial charge in [0, 0.05) is 26.4 Å². The van der Waals surface area contributed by atoms with Crippen molar-refractivity contribution in [3.63, 3.8) is 0 Å². The second-order valence-corrected chi connectivity index (χ2v) is 10.1. The van der Waals surface area contributed by atoms with E-state index in [1.807, 2.05) is 44.2 Å². The van der Waals surface area contributed by atoms with Crippen LogP contribution >= 0.6 is 0 Å². The van der Waals surface area contributed by atoms with Gasteiger partial charge in [-0.2, -0.15) is 0 Å². The molecule has 2 aliphatic heterocycles. The highest BCUT2D eigenvalue weighted by atomic mass is 16.7. The van der Waals surface area contributed by atoms with Crippen molar-refractivity contribution < 1.29 is 42.7 Å². The average Bonchev–Trinajstić information content (AvgIpc) is 3.19. The van der Waals surface area contributed by atoms with Gasteiger partial charge in [-0.3, -0.25) is 9.59 Å². The molecule has 0 bridgehead atoms. The molecule has 1 aromatic rings. The summed E-state index contributed by atoms with van der Waals surface area (Å²) in [5.41, 5.74) is 1.06. The van der Waals surface area contributed by atoms with Crippen molar-refractivity contribution in [3.8, 4) is 0 Å². The van der Waals surface area contributed by atoms with E-state index >= 15 is 0 Å². The fourth-order valence-corrected chi connectivity index (χ4v) is 4.97. The number of hydrogen-bond donors (Lipinski definition) is 0. The molecule has 0 radical (unpaired) electrons. The molecule has 2 saturated heterocycles. The van der Waals surface area contributed by atoms with Crippen LogP contribution in [0.4, 0.5) is 0 Å². The largest absolute Gasteiger partial charge is 0.456 e. The van der Waals surface area contributed by atoms with Gasteiger partial charge >= 0.3 is 11.9 Å². The second-order valence-electron chi connectivity index (χ2n) is 10.1. The highest BCUT2D eigenvalue weighted by molar-refractivity contribution is 5.67. The van der Waals surface area contributed by atoms with E-state index in [9.17, 15) is 9.59 Å². The summed E-state index contributed by atoms with van der Waals surface area (Å²) < 4.78 is 42.7. The van der Waals surface area contributed by atoms with Crippen LogP contribution in [0.3, 0.4) is 0 Å². The number of carbonyl (C=O) groups is 2. The molecule has 9 nitrogen and oxygen atoms in total. The highest BCUT2D eigenvalue weighted by Crippen LogP contribution is 2.36. The molecule has 9 heteroatoms. The van der Waals surface area contributed by atoms with Crippen molar-refractivity contribution in [3.05, 3.63) is 35.9 Å². The average molecular weight is 537 g/mol. The summed E-state index contributed by atoms with van der Waals surface area (Å²) in [6.45, 7) is 12.1. The Balaban J connectivity index is 1.83. The Morgan fingerprint density at radius 3 is 2.18 bits per heavy atom. The fraction of sp³-hybridized carbons (Fsp3) is 0.724. The van der Waals surface area contributed by atoms with Crippen LogP contribution in [0.1, 0.15) is 66.4 Å². The van der Waals surface area contributed by atoms with Crippen LogP contribution in [-0.2, 0) is 49.4 Å². The van der Waals surface area contributed by atoms with Crippen LogP contribution in [0, 0.1) is 5.92 Å². The lowest BCUT2D eigenvalue weighted by Gasteiger charge is -2.45.